The van der Waals surface area contributed by atoms with Gasteiger partial charge in [-0.15, -0.1) is 0 Å². The number of anilines is 2. The van der Waals surface area contributed by atoms with Crippen molar-refractivity contribution in [2.24, 2.45) is 0 Å². The third kappa shape index (κ3) is 4.38. The van der Waals surface area contributed by atoms with E-state index in [0.717, 1.165) is 16.8 Å². The summed E-state index contributed by atoms with van der Waals surface area (Å²) in [6.07, 6.45) is 6.52. The summed E-state index contributed by atoms with van der Waals surface area (Å²) in [4.78, 5) is 24.7. The van der Waals surface area contributed by atoms with Crippen LogP contribution in [0.1, 0.15) is 27.0 Å². The molecule has 25 heavy (non-hydrogen) atoms. The summed E-state index contributed by atoms with van der Waals surface area (Å²) in [5.74, 6) is 0.230. The van der Waals surface area contributed by atoms with Crippen LogP contribution in [0.4, 0.5) is 11.6 Å². The zero-order valence-corrected chi connectivity index (χ0v) is 14.2. The van der Waals surface area contributed by atoms with Crippen LogP contribution in [0.15, 0.2) is 55.1 Å². The lowest BCUT2D eigenvalue weighted by molar-refractivity contribution is 0.102. The van der Waals surface area contributed by atoms with Gasteiger partial charge in [0.2, 0.25) is 5.95 Å². The molecule has 0 fully saturated rings. The monoisotopic (exact) mass is 333 g/mol. The number of carbonyl (C=O) groups excluding carboxylic acids is 1. The fraction of sp³-hybridized carbons (Fsp3) is 0.158. The van der Waals surface area contributed by atoms with Gasteiger partial charge < -0.3 is 10.6 Å². The van der Waals surface area contributed by atoms with Gasteiger partial charge in [-0.25, -0.2) is 9.97 Å². The molecule has 6 nitrogen and oxygen atoms in total. The average molecular weight is 333 g/mol. The Bertz CT molecular complexity index is 863. The second kappa shape index (κ2) is 7.53. The molecule has 0 saturated carbocycles. The van der Waals surface area contributed by atoms with E-state index in [1.54, 1.807) is 12.4 Å². The van der Waals surface area contributed by atoms with Crippen LogP contribution in [-0.4, -0.2) is 20.9 Å². The van der Waals surface area contributed by atoms with Crippen LogP contribution in [-0.2, 0) is 6.54 Å². The van der Waals surface area contributed by atoms with Crippen molar-refractivity contribution in [3.8, 4) is 0 Å². The summed E-state index contributed by atoms with van der Waals surface area (Å²) in [5.41, 5.74) is 4.51. The molecular weight excluding hydrogens is 314 g/mol. The summed E-state index contributed by atoms with van der Waals surface area (Å²) in [7, 11) is 0. The van der Waals surface area contributed by atoms with Crippen LogP contribution in [0.3, 0.4) is 0 Å². The van der Waals surface area contributed by atoms with E-state index in [-0.39, 0.29) is 5.91 Å². The van der Waals surface area contributed by atoms with Gasteiger partial charge in [-0.2, -0.15) is 0 Å². The maximum Gasteiger partial charge on any atom is 0.258 e. The van der Waals surface area contributed by atoms with Gasteiger partial charge in [-0.1, -0.05) is 12.1 Å². The molecule has 0 bridgehead atoms. The van der Waals surface area contributed by atoms with E-state index in [9.17, 15) is 4.79 Å². The molecule has 2 aromatic heterocycles. The maximum atomic E-state index is 12.3. The first kappa shape index (κ1) is 16.6. The van der Waals surface area contributed by atoms with E-state index in [1.165, 1.54) is 18.0 Å². The van der Waals surface area contributed by atoms with Crippen molar-refractivity contribution in [3.05, 3.63) is 77.4 Å². The molecule has 1 amide bonds. The molecule has 126 valence electrons. The molecule has 3 aromatic rings. The summed E-state index contributed by atoms with van der Waals surface area (Å²) in [6, 6.07) is 9.64. The van der Waals surface area contributed by atoms with Gasteiger partial charge in [-0.3, -0.25) is 9.78 Å². The number of pyridine rings is 1. The molecule has 1 aromatic carbocycles. The van der Waals surface area contributed by atoms with Crippen molar-refractivity contribution in [3.63, 3.8) is 0 Å². The van der Waals surface area contributed by atoms with Crippen LogP contribution in [0.2, 0.25) is 0 Å². The largest absolute Gasteiger partial charge is 0.350 e. The first-order valence-corrected chi connectivity index (χ1v) is 7.95. The van der Waals surface area contributed by atoms with Crippen LogP contribution in [0, 0.1) is 13.8 Å². The number of carbonyl (C=O) groups is 1. The van der Waals surface area contributed by atoms with Crippen molar-refractivity contribution < 1.29 is 4.79 Å². The second-order valence-electron chi connectivity index (χ2n) is 5.76. The van der Waals surface area contributed by atoms with Crippen LogP contribution < -0.4 is 10.6 Å². The van der Waals surface area contributed by atoms with Gasteiger partial charge in [-0.05, 0) is 48.7 Å². The van der Waals surface area contributed by atoms with Gasteiger partial charge in [0.25, 0.3) is 5.91 Å². The highest BCUT2D eigenvalue weighted by Crippen LogP contribution is 2.15. The Hall–Kier alpha value is -3.28. The van der Waals surface area contributed by atoms with Gasteiger partial charge >= 0.3 is 0 Å². The van der Waals surface area contributed by atoms with Gasteiger partial charge in [0.1, 0.15) is 0 Å². The number of hydrogen-bond donors (Lipinski definition) is 2. The highest BCUT2D eigenvalue weighted by Gasteiger charge is 2.08. The number of benzene rings is 1. The standard InChI is InChI=1S/C19H19N5O/c1-13-5-6-17(8-14(13)2)24-18(25)16-11-22-19(23-12-16)21-10-15-4-3-7-20-9-15/h3-9,11-12H,10H2,1-2H3,(H,24,25)(H,21,22,23). The van der Waals surface area contributed by atoms with Gasteiger partial charge in [0.05, 0.1) is 5.56 Å². The number of amides is 1. The molecule has 0 aliphatic carbocycles. The fourth-order valence-corrected chi connectivity index (χ4v) is 2.24. The molecule has 0 aliphatic heterocycles. The Morgan fingerprint density at radius 2 is 1.84 bits per heavy atom. The Morgan fingerprint density at radius 3 is 2.52 bits per heavy atom. The molecule has 0 aliphatic rings. The molecule has 0 saturated heterocycles. The first-order valence-electron chi connectivity index (χ1n) is 7.95. The Morgan fingerprint density at radius 1 is 1.04 bits per heavy atom. The van der Waals surface area contributed by atoms with Crippen LogP contribution in [0.25, 0.3) is 0 Å². The lowest BCUT2D eigenvalue weighted by Gasteiger charge is -2.08. The topological polar surface area (TPSA) is 79.8 Å². The number of hydrogen-bond acceptors (Lipinski definition) is 5. The molecule has 0 unspecified atom stereocenters. The molecule has 0 radical (unpaired) electrons. The Kier molecular flexibility index (Phi) is 4.99. The number of nitrogens with one attached hydrogen (secondary N) is 2. The maximum absolute atomic E-state index is 12.3. The minimum Gasteiger partial charge on any atom is -0.350 e. The minimum absolute atomic E-state index is 0.234. The number of rotatable bonds is 5. The quantitative estimate of drug-likeness (QED) is 0.748. The van der Waals surface area contributed by atoms with E-state index < -0.39 is 0 Å². The number of nitrogens with zero attached hydrogens (tertiary/aromatic N) is 3. The van der Waals surface area contributed by atoms with E-state index in [0.29, 0.717) is 18.1 Å². The Labute approximate surface area is 146 Å². The summed E-state index contributed by atoms with van der Waals surface area (Å²) >= 11 is 0. The van der Waals surface area contributed by atoms with Crippen molar-refractivity contribution in [2.75, 3.05) is 10.6 Å². The molecule has 2 N–H and O–H groups in total. The zero-order chi connectivity index (χ0) is 17.6. The predicted molar refractivity (Wildman–Crippen MR) is 97.5 cm³/mol. The van der Waals surface area contributed by atoms with E-state index in [1.807, 2.05) is 44.2 Å². The molecular formula is C19H19N5O. The summed E-state index contributed by atoms with van der Waals surface area (Å²) < 4.78 is 0. The molecule has 2 heterocycles. The minimum atomic E-state index is -0.234. The van der Waals surface area contributed by atoms with E-state index >= 15 is 0 Å². The summed E-state index contributed by atoms with van der Waals surface area (Å²) in [6.45, 7) is 4.62. The lowest BCUT2D eigenvalue weighted by Crippen LogP contribution is -2.13. The highest BCUT2D eigenvalue weighted by atomic mass is 16.1. The van der Waals surface area contributed by atoms with Gasteiger partial charge in [0, 0.05) is 37.0 Å². The second-order valence-corrected chi connectivity index (χ2v) is 5.76. The van der Waals surface area contributed by atoms with E-state index in [4.69, 9.17) is 0 Å². The molecule has 0 atom stereocenters. The van der Waals surface area contributed by atoms with Crippen molar-refractivity contribution in [2.45, 2.75) is 20.4 Å². The van der Waals surface area contributed by atoms with Crippen molar-refractivity contribution in [1.29, 1.82) is 0 Å². The number of aromatic nitrogens is 3. The highest BCUT2D eigenvalue weighted by molar-refractivity contribution is 6.03. The van der Waals surface area contributed by atoms with Crippen LogP contribution in [0.5, 0.6) is 0 Å². The molecule has 3 rings (SSSR count). The average Bonchev–Trinajstić information content (AvgIpc) is 2.64. The zero-order valence-electron chi connectivity index (χ0n) is 14.2. The van der Waals surface area contributed by atoms with Crippen molar-refractivity contribution in [1.82, 2.24) is 15.0 Å². The lowest BCUT2D eigenvalue weighted by atomic mass is 10.1. The third-order valence-corrected chi connectivity index (χ3v) is 3.85. The normalized spacial score (nSPS) is 10.3. The molecule has 0 spiro atoms. The third-order valence-electron chi connectivity index (χ3n) is 3.85. The smallest absolute Gasteiger partial charge is 0.258 e. The van der Waals surface area contributed by atoms with E-state index in [2.05, 4.69) is 25.6 Å². The van der Waals surface area contributed by atoms with Gasteiger partial charge in [0.15, 0.2) is 0 Å². The number of aryl methyl sites for hydroxylation is 2. The predicted octanol–water partition coefficient (Wildman–Crippen LogP) is 3.35. The van der Waals surface area contributed by atoms with Crippen molar-refractivity contribution >= 4 is 17.5 Å². The fourth-order valence-electron chi connectivity index (χ4n) is 2.24. The first-order chi connectivity index (χ1) is 12.1. The van der Waals surface area contributed by atoms with Crippen LogP contribution >= 0.6 is 0 Å². The summed E-state index contributed by atoms with van der Waals surface area (Å²) in [5, 5.41) is 5.95. The molecule has 6 heteroatoms. The SMILES string of the molecule is Cc1ccc(NC(=O)c2cnc(NCc3cccnc3)nc2)cc1C. The Balaban J connectivity index is 1.61.